The third kappa shape index (κ3) is 6.72. The Morgan fingerprint density at radius 3 is 2.44 bits per heavy atom. The molecule has 1 aliphatic heterocycles. The van der Waals surface area contributed by atoms with Gasteiger partial charge in [0.05, 0.1) is 18.7 Å². The maximum absolute atomic E-state index is 12.6. The molecule has 32 heavy (non-hydrogen) atoms. The van der Waals surface area contributed by atoms with E-state index in [0.717, 1.165) is 49.2 Å². The number of aromatic hydroxyl groups is 1. The molecule has 0 aliphatic carbocycles. The molecular formula is C25H34N2O5. The fourth-order valence-corrected chi connectivity index (χ4v) is 3.87. The molecule has 1 atom stereocenters. The zero-order valence-corrected chi connectivity index (χ0v) is 19.4. The number of likely N-dealkylation sites (tertiary alicyclic amines) is 1. The molecule has 2 aromatic carbocycles. The first kappa shape index (κ1) is 25.2. The van der Waals surface area contributed by atoms with Crippen LogP contribution in [-0.4, -0.2) is 53.2 Å². The standard InChI is InChI=1S/C17H26N2O.C8H8O4/c1-4-11-19-12-6-5-10-15(19)17(20)18-16-13(2)8-7-9-14(16)3;1-12-7-4-5(8(10)11)2-3-6(7)9/h7-9,15H,4-6,10-12H2,1-3H3,(H,18,20);2-4,9H,1H3,(H,10,11)/t15-;/m0./s1. The summed E-state index contributed by atoms with van der Waals surface area (Å²) in [5.41, 5.74) is 3.34. The molecule has 1 fully saturated rings. The Balaban J connectivity index is 0.000000258. The van der Waals surface area contributed by atoms with E-state index in [1.807, 2.05) is 32.0 Å². The third-order valence-electron chi connectivity index (χ3n) is 5.58. The minimum absolute atomic E-state index is 0.0442. The van der Waals surface area contributed by atoms with Crippen LogP contribution in [0, 0.1) is 13.8 Å². The SMILES string of the molecule is CCCN1CCCC[C@H]1C(=O)Nc1c(C)cccc1C.COc1cc(C(=O)O)ccc1O. The molecule has 7 heteroatoms. The van der Waals surface area contributed by atoms with Crippen molar-refractivity contribution in [3.8, 4) is 11.5 Å². The van der Waals surface area contributed by atoms with Crippen LogP contribution in [0.15, 0.2) is 36.4 Å². The normalized spacial score (nSPS) is 15.9. The molecule has 1 heterocycles. The van der Waals surface area contributed by atoms with Crippen molar-refractivity contribution >= 4 is 17.6 Å². The molecule has 0 radical (unpaired) electrons. The van der Waals surface area contributed by atoms with Crippen LogP contribution in [-0.2, 0) is 4.79 Å². The lowest BCUT2D eigenvalue weighted by Gasteiger charge is -2.34. The summed E-state index contributed by atoms with van der Waals surface area (Å²) in [6.07, 6.45) is 4.46. The molecule has 3 rings (SSSR count). The monoisotopic (exact) mass is 442 g/mol. The Hall–Kier alpha value is -3.06. The van der Waals surface area contributed by atoms with Crippen LogP contribution in [0.1, 0.15) is 54.1 Å². The van der Waals surface area contributed by atoms with E-state index < -0.39 is 5.97 Å². The van der Waals surface area contributed by atoms with Crippen molar-refractivity contribution < 1.29 is 24.5 Å². The van der Waals surface area contributed by atoms with Gasteiger partial charge in [0.15, 0.2) is 11.5 Å². The number of piperidine rings is 1. The molecule has 174 valence electrons. The van der Waals surface area contributed by atoms with Crippen LogP contribution in [0.2, 0.25) is 0 Å². The number of phenols is 1. The van der Waals surface area contributed by atoms with Gasteiger partial charge in [0, 0.05) is 5.69 Å². The molecule has 0 saturated carbocycles. The lowest BCUT2D eigenvalue weighted by molar-refractivity contribution is -0.122. The van der Waals surface area contributed by atoms with Gasteiger partial charge in [-0.25, -0.2) is 4.79 Å². The van der Waals surface area contributed by atoms with Gasteiger partial charge in [0.1, 0.15) is 0 Å². The first-order valence-electron chi connectivity index (χ1n) is 11.0. The predicted molar refractivity (Wildman–Crippen MR) is 126 cm³/mol. The number of aryl methyl sites for hydroxylation is 2. The van der Waals surface area contributed by atoms with Crippen LogP contribution in [0.5, 0.6) is 11.5 Å². The van der Waals surface area contributed by atoms with Gasteiger partial charge in [-0.15, -0.1) is 0 Å². The number of rotatable bonds is 6. The zero-order valence-electron chi connectivity index (χ0n) is 19.4. The molecule has 1 saturated heterocycles. The molecular weight excluding hydrogens is 408 g/mol. The number of nitrogens with one attached hydrogen (secondary N) is 1. The lowest BCUT2D eigenvalue weighted by Crippen LogP contribution is -2.47. The summed E-state index contributed by atoms with van der Waals surface area (Å²) >= 11 is 0. The van der Waals surface area contributed by atoms with E-state index in [4.69, 9.17) is 14.9 Å². The fraction of sp³-hybridized carbons (Fsp3) is 0.440. The molecule has 3 N–H and O–H groups in total. The van der Waals surface area contributed by atoms with Crippen LogP contribution in [0.4, 0.5) is 5.69 Å². The number of benzene rings is 2. The number of carboxylic acids is 1. The Kier molecular flexibility index (Phi) is 9.53. The number of ether oxygens (including phenoxy) is 1. The van der Waals surface area contributed by atoms with Crippen molar-refractivity contribution in [1.29, 1.82) is 0 Å². The Bertz CT molecular complexity index is 906. The van der Waals surface area contributed by atoms with Crippen LogP contribution in [0.25, 0.3) is 0 Å². The highest BCUT2D eigenvalue weighted by Crippen LogP contribution is 2.26. The van der Waals surface area contributed by atoms with Crippen LogP contribution in [0.3, 0.4) is 0 Å². The largest absolute Gasteiger partial charge is 0.504 e. The average molecular weight is 443 g/mol. The van der Waals surface area contributed by atoms with Gasteiger partial charge in [0.25, 0.3) is 0 Å². The number of carbonyl (C=O) groups excluding carboxylic acids is 1. The predicted octanol–water partition coefficient (Wildman–Crippen LogP) is 4.61. The molecule has 1 aliphatic rings. The van der Waals surface area contributed by atoms with Gasteiger partial charge in [-0.05, 0) is 75.5 Å². The maximum Gasteiger partial charge on any atom is 0.335 e. The summed E-state index contributed by atoms with van der Waals surface area (Å²) in [5.74, 6) is -0.791. The van der Waals surface area contributed by atoms with Gasteiger partial charge in [-0.3, -0.25) is 9.69 Å². The van der Waals surface area contributed by atoms with E-state index >= 15 is 0 Å². The van der Waals surface area contributed by atoms with Crippen LogP contribution >= 0.6 is 0 Å². The molecule has 0 aromatic heterocycles. The Morgan fingerprint density at radius 1 is 1.16 bits per heavy atom. The highest BCUT2D eigenvalue weighted by molar-refractivity contribution is 5.96. The second-order valence-corrected chi connectivity index (χ2v) is 8.00. The smallest absolute Gasteiger partial charge is 0.335 e. The number of nitrogens with zero attached hydrogens (tertiary/aromatic N) is 1. The maximum atomic E-state index is 12.6. The highest BCUT2D eigenvalue weighted by atomic mass is 16.5. The van der Waals surface area contributed by atoms with E-state index in [1.54, 1.807) is 0 Å². The molecule has 0 spiro atoms. The number of methoxy groups -OCH3 is 1. The molecule has 0 bridgehead atoms. The van der Waals surface area contributed by atoms with E-state index in [9.17, 15) is 9.59 Å². The first-order valence-corrected chi connectivity index (χ1v) is 11.0. The quantitative estimate of drug-likeness (QED) is 0.604. The van der Waals surface area contributed by atoms with E-state index in [-0.39, 0.29) is 29.0 Å². The molecule has 2 aromatic rings. The molecule has 1 amide bonds. The summed E-state index contributed by atoms with van der Waals surface area (Å²) in [7, 11) is 1.36. The summed E-state index contributed by atoms with van der Waals surface area (Å²) < 4.78 is 4.72. The van der Waals surface area contributed by atoms with Crippen molar-refractivity contribution in [1.82, 2.24) is 4.90 Å². The number of hydrogen-bond acceptors (Lipinski definition) is 5. The van der Waals surface area contributed by atoms with E-state index in [2.05, 4.69) is 17.1 Å². The number of para-hydroxylation sites is 1. The molecule has 7 nitrogen and oxygen atoms in total. The number of aromatic carboxylic acids is 1. The van der Waals surface area contributed by atoms with E-state index in [0.29, 0.717) is 0 Å². The van der Waals surface area contributed by atoms with Crippen molar-refractivity contribution in [3.05, 3.63) is 53.1 Å². The third-order valence-corrected chi connectivity index (χ3v) is 5.58. The second-order valence-electron chi connectivity index (χ2n) is 8.00. The number of amides is 1. The Morgan fingerprint density at radius 2 is 1.84 bits per heavy atom. The van der Waals surface area contributed by atoms with Gasteiger partial charge in [0.2, 0.25) is 5.91 Å². The topological polar surface area (TPSA) is 99.1 Å². The first-order chi connectivity index (χ1) is 15.3. The van der Waals surface area contributed by atoms with Crippen molar-refractivity contribution in [2.45, 2.75) is 52.5 Å². The highest BCUT2D eigenvalue weighted by Gasteiger charge is 2.28. The number of carbonyl (C=O) groups is 2. The molecule has 0 unspecified atom stereocenters. The number of anilines is 1. The minimum atomic E-state index is -1.05. The average Bonchev–Trinajstić information content (AvgIpc) is 2.77. The summed E-state index contributed by atoms with van der Waals surface area (Å²) in [5, 5.41) is 20.8. The summed E-state index contributed by atoms with van der Waals surface area (Å²) in [6, 6.07) is 10.0. The zero-order chi connectivity index (χ0) is 23.7. The number of phenolic OH excluding ortho intramolecular Hbond substituents is 1. The lowest BCUT2D eigenvalue weighted by atomic mass is 10.0. The summed E-state index contributed by atoms with van der Waals surface area (Å²) in [4.78, 5) is 25.4. The van der Waals surface area contributed by atoms with Gasteiger partial charge >= 0.3 is 5.97 Å². The van der Waals surface area contributed by atoms with E-state index in [1.165, 1.54) is 31.7 Å². The van der Waals surface area contributed by atoms with Crippen molar-refractivity contribution in [2.75, 3.05) is 25.5 Å². The van der Waals surface area contributed by atoms with Crippen LogP contribution < -0.4 is 10.1 Å². The second kappa shape index (κ2) is 12.1. The fourth-order valence-electron chi connectivity index (χ4n) is 3.87. The van der Waals surface area contributed by atoms with Gasteiger partial charge < -0.3 is 20.3 Å². The minimum Gasteiger partial charge on any atom is -0.504 e. The van der Waals surface area contributed by atoms with Crippen molar-refractivity contribution in [3.63, 3.8) is 0 Å². The Labute approximate surface area is 190 Å². The van der Waals surface area contributed by atoms with Crippen molar-refractivity contribution in [2.24, 2.45) is 0 Å². The van der Waals surface area contributed by atoms with Gasteiger partial charge in [-0.2, -0.15) is 0 Å². The number of carboxylic acid groups (broad SMARTS) is 1. The van der Waals surface area contributed by atoms with Gasteiger partial charge in [-0.1, -0.05) is 31.5 Å². The summed E-state index contributed by atoms with van der Waals surface area (Å²) in [6.45, 7) is 8.35. The number of hydrogen-bond donors (Lipinski definition) is 3.